The maximum atomic E-state index is 12.8. The summed E-state index contributed by atoms with van der Waals surface area (Å²) in [6, 6.07) is 13.6. The van der Waals surface area contributed by atoms with Gasteiger partial charge < -0.3 is 10.5 Å². The molecule has 2 saturated carbocycles. The monoisotopic (exact) mass is 496 g/mol. The average Bonchev–Trinajstić information content (AvgIpc) is 3.27. The van der Waals surface area contributed by atoms with Crippen molar-refractivity contribution in [3.8, 4) is 0 Å². The normalized spacial score (nSPS) is 35.3. The van der Waals surface area contributed by atoms with Crippen LogP contribution in [0.3, 0.4) is 0 Å². The lowest BCUT2D eigenvalue weighted by molar-refractivity contribution is -0.153. The molecule has 4 nitrogen and oxygen atoms in total. The topological polar surface area (TPSA) is 65.2 Å². The molecule has 0 bridgehead atoms. The highest BCUT2D eigenvalue weighted by Gasteiger charge is 2.57. The van der Waals surface area contributed by atoms with Crippen LogP contribution in [0.15, 0.2) is 72.6 Å². The zero-order valence-corrected chi connectivity index (χ0v) is 22.2. The van der Waals surface area contributed by atoms with Gasteiger partial charge in [-0.05, 0) is 96.3 Å². The van der Waals surface area contributed by atoms with Gasteiger partial charge in [-0.3, -0.25) is 9.78 Å². The standard InChI is InChI=1S/C33H40N2O2/c1-32-16-14-25(37-31(36)30(34)19-22-7-4-3-5-8-22)20-24(32)10-11-26-28-13-12-27(23-9-6-18-35-21-23)33(28,2)17-15-29(26)32/h3-10,12,18,21,25-26,28-30H,11,13-17,19-20,34H2,1-2H3/t25-,26-,28-,29-,30?,32-,33+/m0/s1. The molecule has 7 atom stereocenters. The Morgan fingerprint density at radius 2 is 1.84 bits per heavy atom. The lowest BCUT2D eigenvalue weighted by atomic mass is 9.47. The molecule has 4 heteroatoms. The number of nitrogens with two attached hydrogens (primary N) is 1. The molecule has 4 aliphatic carbocycles. The Morgan fingerprint density at radius 1 is 1.03 bits per heavy atom. The predicted octanol–water partition coefficient (Wildman–Crippen LogP) is 6.52. The van der Waals surface area contributed by atoms with Crippen LogP contribution in [-0.2, 0) is 16.0 Å². The minimum atomic E-state index is -0.611. The summed E-state index contributed by atoms with van der Waals surface area (Å²) in [4.78, 5) is 17.2. The minimum Gasteiger partial charge on any atom is -0.461 e. The highest BCUT2D eigenvalue weighted by molar-refractivity contribution is 5.76. The summed E-state index contributed by atoms with van der Waals surface area (Å²) < 4.78 is 5.98. The van der Waals surface area contributed by atoms with E-state index in [4.69, 9.17) is 10.5 Å². The van der Waals surface area contributed by atoms with Gasteiger partial charge in [-0.25, -0.2) is 0 Å². The SMILES string of the molecule is C[C@]12CC[C@H](OC(=O)C(N)Cc3ccccc3)CC1=CC[C@@H]1[C@@H]2CC[C@]2(C)C(c3cccnc3)=CC[C@@H]12. The number of pyridine rings is 1. The molecule has 0 aliphatic heterocycles. The van der Waals surface area contributed by atoms with E-state index in [9.17, 15) is 4.79 Å². The van der Waals surface area contributed by atoms with Gasteiger partial charge in [0.25, 0.3) is 0 Å². The average molecular weight is 497 g/mol. The first-order valence-electron chi connectivity index (χ1n) is 14.2. The third-order valence-corrected chi connectivity index (χ3v) is 10.5. The van der Waals surface area contributed by atoms with E-state index in [2.05, 4.69) is 43.1 Å². The zero-order chi connectivity index (χ0) is 25.6. The molecule has 4 aliphatic rings. The Bertz CT molecular complexity index is 1210. The van der Waals surface area contributed by atoms with Gasteiger partial charge in [0.05, 0.1) is 0 Å². The number of esters is 1. The van der Waals surface area contributed by atoms with Crippen molar-refractivity contribution in [1.82, 2.24) is 4.98 Å². The van der Waals surface area contributed by atoms with E-state index < -0.39 is 6.04 Å². The lowest BCUT2D eigenvalue weighted by Gasteiger charge is -2.57. The Kier molecular flexibility index (Phi) is 6.35. The van der Waals surface area contributed by atoms with E-state index in [1.165, 1.54) is 36.0 Å². The fourth-order valence-corrected chi connectivity index (χ4v) is 8.47. The predicted molar refractivity (Wildman–Crippen MR) is 147 cm³/mol. The van der Waals surface area contributed by atoms with E-state index in [1.807, 2.05) is 42.7 Å². The highest BCUT2D eigenvalue weighted by Crippen LogP contribution is 2.66. The molecule has 1 unspecified atom stereocenters. The Hall–Kier alpha value is -2.72. The number of nitrogens with zero attached hydrogens (tertiary/aromatic N) is 1. The van der Waals surface area contributed by atoms with E-state index >= 15 is 0 Å². The molecule has 0 spiro atoms. The summed E-state index contributed by atoms with van der Waals surface area (Å²) in [5.74, 6) is 1.86. The summed E-state index contributed by atoms with van der Waals surface area (Å²) in [6.07, 6.45) is 17.2. The van der Waals surface area contributed by atoms with Gasteiger partial charge in [0, 0.05) is 18.8 Å². The maximum absolute atomic E-state index is 12.8. The van der Waals surface area contributed by atoms with Gasteiger partial charge in [-0.15, -0.1) is 0 Å². The first-order valence-corrected chi connectivity index (χ1v) is 14.2. The maximum Gasteiger partial charge on any atom is 0.323 e. The molecule has 1 heterocycles. The Balaban J connectivity index is 1.13. The summed E-state index contributed by atoms with van der Waals surface area (Å²) in [5.41, 5.74) is 12.1. The molecule has 2 fully saturated rings. The van der Waals surface area contributed by atoms with Crippen molar-refractivity contribution in [1.29, 1.82) is 0 Å². The van der Waals surface area contributed by atoms with Crippen LogP contribution >= 0.6 is 0 Å². The molecule has 37 heavy (non-hydrogen) atoms. The second kappa shape index (κ2) is 9.54. The number of allylic oxidation sites excluding steroid dienone is 3. The van der Waals surface area contributed by atoms with Crippen LogP contribution in [0.4, 0.5) is 0 Å². The number of ether oxygens (including phenoxy) is 1. The smallest absolute Gasteiger partial charge is 0.323 e. The Morgan fingerprint density at radius 3 is 2.62 bits per heavy atom. The number of carbonyl (C=O) groups is 1. The summed E-state index contributed by atoms with van der Waals surface area (Å²) in [7, 11) is 0. The van der Waals surface area contributed by atoms with Crippen molar-refractivity contribution in [2.45, 2.75) is 77.4 Å². The third kappa shape index (κ3) is 4.27. The first kappa shape index (κ1) is 24.6. The van der Waals surface area contributed by atoms with Crippen molar-refractivity contribution in [2.24, 2.45) is 34.3 Å². The molecule has 2 aromatic rings. The van der Waals surface area contributed by atoms with Crippen molar-refractivity contribution < 1.29 is 9.53 Å². The number of hydrogen-bond donors (Lipinski definition) is 1. The third-order valence-electron chi connectivity index (χ3n) is 10.5. The molecule has 1 aromatic heterocycles. The van der Waals surface area contributed by atoms with Crippen molar-refractivity contribution in [3.05, 3.63) is 83.7 Å². The van der Waals surface area contributed by atoms with Gasteiger partial charge in [0.2, 0.25) is 0 Å². The minimum absolute atomic E-state index is 0.0515. The fraction of sp³-hybridized carbons (Fsp3) is 0.515. The second-order valence-electron chi connectivity index (χ2n) is 12.4. The van der Waals surface area contributed by atoms with Gasteiger partial charge in [0.1, 0.15) is 12.1 Å². The largest absolute Gasteiger partial charge is 0.461 e. The lowest BCUT2D eigenvalue weighted by Crippen LogP contribution is -2.50. The summed E-state index contributed by atoms with van der Waals surface area (Å²) >= 11 is 0. The van der Waals surface area contributed by atoms with Crippen LogP contribution < -0.4 is 5.73 Å². The molecule has 2 N–H and O–H groups in total. The highest BCUT2D eigenvalue weighted by atomic mass is 16.5. The molecule has 1 aromatic carbocycles. The van der Waals surface area contributed by atoms with Crippen molar-refractivity contribution in [3.63, 3.8) is 0 Å². The van der Waals surface area contributed by atoms with Crippen LogP contribution in [0.1, 0.15) is 69.9 Å². The molecule has 0 radical (unpaired) electrons. The molecule has 194 valence electrons. The molecule has 0 saturated heterocycles. The number of benzene rings is 1. The number of fused-ring (bicyclic) bond motifs is 5. The van der Waals surface area contributed by atoms with E-state index in [1.54, 1.807) is 0 Å². The second-order valence-corrected chi connectivity index (χ2v) is 12.4. The number of aromatic nitrogens is 1. The van der Waals surface area contributed by atoms with Gasteiger partial charge in [-0.1, -0.05) is 68.0 Å². The van der Waals surface area contributed by atoms with Crippen LogP contribution in [0, 0.1) is 28.6 Å². The van der Waals surface area contributed by atoms with Gasteiger partial charge >= 0.3 is 5.97 Å². The number of rotatable bonds is 5. The molecular weight excluding hydrogens is 456 g/mol. The van der Waals surface area contributed by atoms with Crippen LogP contribution in [-0.4, -0.2) is 23.1 Å². The van der Waals surface area contributed by atoms with Crippen LogP contribution in [0.2, 0.25) is 0 Å². The fourth-order valence-electron chi connectivity index (χ4n) is 8.47. The number of hydrogen-bond acceptors (Lipinski definition) is 4. The van der Waals surface area contributed by atoms with E-state index in [-0.39, 0.29) is 22.9 Å². The van der Waals surface area contributed by atoms with E-state index in [0.29, 0.717) is 18.3 Å². The van der Waals surface area contributed by atoms with Crippen molar-refractivity contribution >= 4 is 11.5 Å². The quantitative estimate of drug-likeness (QED) is 0.378. The number of carbonyl (C=O) groups excluding carboxylic acids is 1. The molecule has 0 amide bonds. The van der Waals surface area contributed by atoms with Crippen LogP contribution in [0.5, 0.6) is 0 Å². The van der Waals surface area contributed by atoms with E-state index in [0.717, 1.165) is 37.2 Å². The summed E-state index contributed by atoms with van der Waals surface area (Å²) in [6.45, 7) is 5.01. The van der Waals surface area contributed by atoms with Crippen LogP contribution in [0.25, 0.3) is 5.57 Å². The van der Waals surface area contributed by atoms with Gasteiger partial charge in [-0.2, -0.15) is 0 Å². The molecule has 6 rings (SSSR count). The van der Waals surface area contributed by atoms with Gasteiger partial charge in [0.15, 0.2) is 0 Å². The Labute approximate surface area is 221 Å². The first-order chi connectivity index (χ1) is 17.9. The van der Waals surface area contributed by atoms with Crippen molar-refractivity contribution in [2.75, 3.05) is 0 Å². The zero-order valence-electron chi connectivity index (χ0n) is 22.2. The summed E-state index contributed by atoms with van der Waals surface area (Å²) in [5, 5.41) is 0. The molecular formula is C33H40N2O2.